The molecule has 0 unspecified atom stereocenters. The van der Waals surface area contributed by atoms with Crippen molar-refractivity contribution in [3.05, 3.63) is 59.7 Å². The highest BCUT2D eigenvalue weighted by Crippen LogP contribution is 2.32. The van der Waals surface area contributed by atoms with Crippen LogP contribution < -0.4 is 10.6 Å². The molecule has 0 aliphatic carbocycles. The maximum atomic E-state index is 12.8. The van der Waals surface area contributed by atoms with E-state index in [1.165, 1.54) is 12.1 Å². The van der Waals surface area contributed by atoms with E-state index < -0.39 is 22.9 Å². The Bertz CT molecular complexity index is 927. The van der Waals surface area contributed by atoms with Crippen LogP contribution in [0, 0.1) is 6.92 Å². The molecule has 2 amide bonds. The van der Waals surface area contributed by atoms with Crippen LogP contribution in [0.3, 0.4) is 0 Å². The van der Waals surface area contributed by atoms with Crippen molar-refractivity contribution in [3.8, 4) is 0 Å². The molecule has 0 bridgehead atoms. The minimum Gasteiger partial charge on any atom is -0.326 e. The molecule has 2 N–H and O–H groups in total. The van der Waals surface area contributed by atoms with Crippen LogP contribution in [-0.2, 0) is 15.8 Å². The van der Waals surface area contributed by atoms with Gasteiger partial charge in [0.1, 0.15) is 5.25 Å². The van der Waals surface area contributed by atoms with Crippen LogP contribution in [0.25, 0.3) is 0 Å². The predicted molar refractivity (Wildman–Crippen MR) is 102 cm³/mol. The monoisotopic (exact) mass is 407 g/mol. The van der Waals surface area contributed by atoms with Crippen molar-refractivity contribution < 1.29 is 22.8 Å². The highest BCUT2D eigenvalue weighted by molar-refractivity contribution is 8.15. The van der Waals surface area contributed by atoms with Crippen molar-refractivity contribution in [1.82, 2.24) is 5.32 Å². The molecule has 2 aromatic rings. The number of anilines is 1. The third-order valence-corrected chi connectivity index (χ3v) is 4.97. The topological polar surface area (TPSA) is 70.6 Å². The van der Waals surface area contributed by atoms with Gasteiger partial charge in [-0.2, -0.15) is 13.2 Å². The fourth-order valence-electron chi connectivity index (χ4n) is 2.48. The molecular weight excluding hydrogens is 391 g/mol. The summed E-state index contributed by atoms with van der Waals surface area (Å²) in [6, 6.07) is 11.7. The molecule has 1 saturated heterocycles. The number of alkyl halides is 3. The molecule has 146 valence electrons. The quantitative estimate of drug-likeness (QED) is 0.796. The van der Waals surface area contributed by atoms with Gasteiger partial charge >= 0.3 is 6.18 Å². The van der Waals surface area contributed by atoms with E-state index in [4.69, 9.17) is 0 Å². The van der Waals surface area contributed by atoms with Crippen LogP contribution in [0.4, 0.5) is 24.5 Å². The summed E-state index contributed by atoms with van der Waals surface area (Å²) in [7, 11) is 0. The highest BCUT2D eigenvalue weighted by atomic mass is 32.2. The third kappa shape index (κ3) is 5.13. The van der Waals surface area contributed by atoms with Crippen LogP contribution in [0.15, 0.2) is 53.5 Å². The normalized spacial score (nSPS) is 18.2. The summed E-state index contributed by atoms with van der Waals surface area (Å²) in [6.07, 6.45) is -4.55. The summed E-state index contributed by atoms with van der Waals surface area (Å²) in [5.74, 6) is -0.744. The lowest BCUT2D eigenvalue weighted by Crippen LogP contribution is -2.28. The molecule has 1 atom stereocenters. The zero-order chi connectivity index (χ0) is 20.3. The highest BCUT2D eigenvalue weighted by Gasteiger charge is 2.33. The molecule has 0 saturated carbocycles. The Morgan fingerprint density at radius 3 is 2.61 bits per heavy atom. The molecular formula is C19H16F3N3O2S. The molecule has 3 rings (SSSR count). The van der Waals surface area contributed by atoms with Crippen molar-refractivity contribution in [2.45, 2.75) is 24.8 Å². The van der Waals surface area contributed by atoms with E-state index in [1.54, 1.807) is 12.1 Å². The van der Waals surface area contributed by atoms with Gasteiger partial charge in [0.2, 0.25) is 11.8 Å². The van der Waals surface area contributed by atoms with Gasteiger partial charge in [0.05, 0.1) is 11.3 Å². The van der Waals surface area contributed by atoms with E-state index in [0.29, 0.717) is 5.69 Å². The van der Waals surface area contributed by atoms with E-state index >= 15 is 0 Å². The van der Waals surface area contributed by atoms with Gasteiger partial charge in [-0.1, -0.05) is 35.5 Å². The molecule has 1 aliphatic rings. The van der Waals surface area contributed by atoms with Gasteiger partial charge in [-0.25, -0.2) is 4.99 Å². The lowest BCUT2D eigenvalue weighted by molar-refractivity contribution is -0.137. The Morgan fingerprint density at radius 1 is 1.21 bits per heavy atom. The largest absolute Gasteiger partial charge is 0.416 e. The standard InChI is InChI=1S/C19H16F3N3O2S/c1-11-5-7-13(8-6-11)23-16(26)10-15-17(27)25-18(28-15)24-14-4-2-3-12(9-14)19(20,21)22/h2-9,15H,10H2,1H3,(H,23,26)(H,24,25,27)/t15-/m1/s1. The minimum absolute atomic E-state index is 0.0716. The van der Waals surface area contributed by atoms with E-state index in [1.807, 2.05) is 19.1 Å². The number of nitrogens with zero attached hydrogens (tertiary/aromatic N) is 1. The first-order chi connectivity index (χ1) is 13.2. The van der Waals surface area contributed by atoms with Gasteiger partial charge in [0, 0.05) is 12.1 Å². The van der Waals surface area contributed by atoms with Crippen LogP contribution in [0.5, 0.6) is 0 Å². The van der Waals surface area contributed by atoms with Gasteiger partial charge in [-0.3, -0.25) is 9.59 Å². The number of hydrogen-bond donors (Lipinski definition) is 2. The minimum atomic E-state index is -4.47. The van der Waals surface area contributed by atoms with E-state index in [2.05, 4.69) is 15.6 Å². The zero-order valence-corrected chi connectivity index (χ0v) is 15.5. The third-order valence-electron chi connectivity index (χ3n) is 3.89. The SMILES string of the molecule is Cc1ccc(NC(=O)C[C@H]2SC(=Nc3cccc(C(F)(F)F)c3)NC2=O)cc1. The number of benzene rings is 2. The fourth-order valence-corrected chi connectivity index (χ4v) is 3.47. The number of nitrogens with one attached hydrogen (secondary N) is 2. The van der Waals surface area contributed by atoms with E-state index in [-0.39, 0.29) is 23.2 Å². The maximum Gasteiger partial charge on any atom is 0.416 e. The predicted octanol–water partition coefficient (Wildman–Crippen LogP) is 4.26. The molecule has 0 radical (unpaired) electrons. The molecule has 28 heavy (non-hydrogen) atoms. The average molecular weight is 407 g/mol. The molecule has 1 fully saturated rings. The van der Waals surface area contributed by atoms with Crippen molar-refractivity contribution in [3.63, 3.8) is 0 Å². The zero-order valence-electron chi connectivity index (χ0n) is 14.7. The molecule has 5 nitrogen and oxygen atoms in total. The van der Waals surface area contributed by atoms with E-state index in [9.17, 15) is 22.8 Å². The Hall–Kier alpha value is -2.81. The number of carbonyl (C=O) groups excluding carboxylic acids is 2. The summed E-state index contributed by atoms with van der Waals surface area (Å²) in [4.78, 5) is 28.3. The van der Waals surface area contributed by atoms with Crippen molar-refractivity contribution in [2.24, 2.45) is 4.99 Å². The first-order valence-electron chi connectivity index (χ1n) is 8.31. The first kappa shape index (κ1) is 19.9. The number of carbonyl (C=O) groups is 2. The first-order valence-corrected chi connectivity index (χ1v) is 9.19. The average Bonchev–Trinajstić information content (AvgIpc) is 2.95. The molecule has 1 aliphatic heterocycles. The van der Waals surface area contributed by atoms with Gasteiger partial charge in [0.15, 0.2) is 5.17 Å². The molecule has 9 heteroatoms. The molecule has 1 heterocycles. The lowest BCUT2D eigenvalue weighted by atomic mass is 10.2. The van der Waals surface area contributed by atoms with Gasteiger partial charge in [0.25, 0.3) is 0 Å². The second-order valence-corrected chi connectivity index (χ2v) is 7.37. The lowest BCUT2D eigenvalue weighted by Gasteiger charge is -2.07. The second-order valence-electron chi connectivity index (χ2n) is 6.18. The van der Waals surface area contributed by atoms with Crippen molar-refractivity contribution in [2.75, 3.05) is 5.32 Å². The molecule has 2 aromatic carbocycles. The van der Waals surface area contributed by atoms with Gasteiger partial charge in [-0.05, 0) is 37.3 Å². The number of amides is 2. The summed E-state index contributed by atoms with van der Waals surface area (Å²) in [5, 5.41) is 4.67. The summed E-state index contributed by atoms with van der Waals surface area (Å²) in [6.45, 7) is 1.93. The maximum absolute atomic E-state index is 12.8. The molecule has 0 aromatic heterocycles. The van der Waals surface area contributed by atoms with Crippen molar-refractivity contribution >= 4 is 40.1 Å². The van der Waals surface area contributed by atoms with Crippen molar-refractivity contribution in [1.29, 1.82) is 0 Å². The summed E-state index contributed by atoms with van der Waals surface area (Å²) < 4.78 is 38.3. The number of halogens is 3. The van der Waals surface area contributed by atoms with Crippen LogP contribution in [0.2, 0.25) is 0 Å². The Labute approximate surface area is 163 Å². The van der Waals surface area contributed by atoms with Crippen LogP contribution in [-0.4, -0.2) is 22.2 Å². The van der Waals surface area contributed by atoms with Gasteiger partial charge < -0.3 is 10.6 Å². The van der Waals surface area contributed by atoms with Gasteiger partial charge in [-0.15, -0.1) is 0 Å². The Kier molecular flexibility index (Phi) is 5.73. The molecule has 0 spiro atoms. The second kappa shape index (κ2) is 8.05. The number of rotatable bonds is 4. The number of hydrogen-bond acceptors (Lipinski definition) is 4. The van der Waals surface area contributed by atoms with Crippen LogP contribution in [0.1, 0.15) is 17.5 Å². The summed E-state index contributed by atoms with van der Waals surface area (Å²) >= 11 is 1.02. The van der Waals surface area contributed by atoms with E-state index in [0.717, 1.165) is 29.5 Å². The fraction of sp³-hybridized carbons (Fsp3) is 0.211. The number of aliphatic imine (C=N–C) groups is 1. The number of amidine groups is 1. The number of thioether (sulfide) groups is 1. The Morgan fingerprint density at radius 2 is 1.93 bits per heavy atom. The summed E-state index contributed by atoms with van der Waals surface area (Å²) in [5.41, 5.74) is 0.927. The smallest absolute Gasteiger partial charge is 0.326 e. The van der Waals surface area contributed by atoms with Crippen LogP contribution >= 0.6 is 11.8 Å². The Balaban J connectivity index is 1.64. The number of aryl methyl sites for hydroxylation is 1.